The Morgan fingerprint density at radius 1 is 0.889 bits per heavy atom. The third-order valence-corrected chi connectivity index (χ3v) is 2.66. The van der Waals surface area contributed by atoms with Crippen LogP contribution < -0.4 is 14.8 Å². The van der Waals surface area contributed by atoms with Crippen LogP contribution in [0.2, 0.25) is 0 Å². The first-order valence-corrected chi connectivity index (χ1v) is 5.73. The molecule has 0 spiro atoms. The standard InChI is InChI=1S/C14H12FNO2/c15-10-2-1-3-11(8-10)16-12-4-5-13-14(9-12)18-7-6-17-13/h1-5,8-9,16H,6-7H2. The number of hydrogen-bond acceptors (Lipinski definition) is 3. The van der Waals surface area contributed by atoms with Gasteiger partial charge in [-0.2, -0.15) is 0 Å². The van der Waals surface area contributed by atoms with Crippen molar-refractivity contribution >= 4 is 11.4 Å². The van der Waals surface area contributed by atoms with Crippen LogP contribution in [0.3, 0.4) is 0 Å². The molecule has 2 aromatic rings. The van der Waals surface area contributed by atoms with Gasteiger partial charge in [0.2, 0.25) is 0 Å². The molecule has 1 aliphatic heterocycles. The monoisotopic (exact) mass is 245 g/mol. The van der Waals surface area contributed by atoms with Crippen molar-refractivity contribution in [2.75, 3.05) is 18.5 Å². The first-order valence-electron chi connectivity index (χ1n) is 5.73. The summed E-state index contributed by atoms with van der Waals surface area (Å²) in [6.07, 6.45) is 0. The first-order chi connectivity index (χ1) is 8.81. The van der Waals surface area contributed by atoms with E-state index in [4.69, 9.17) is 9.47 Å². The summed E-state index contributed by atoms with van der Waals surface area (Å²) in [5, 5.41) is 3.12. The van der Waals surface area contributed by atoms with Gasteiger partial charge >= 0.3 is 0 Å². The number of nitrogens with one attached hydrogen (secondary N) is 1. The number of hydrogen-bond donors (Lipinski definition) is 1. The van der Waals surface area contributed by atoms with E-state index in [1.165, 1.54) is 12.1 Å². The van der Waals surface area contributed by atoms with Crippen molar-refractivity contribution in [1.82, 2.24) is 0 Å². The Kier molecular flexibility index (Phi) is 2.76. The van der Waals surface area contributed by atoms with Gasteiger partial charge < -0.3 is 14.8 Å². The summed E-state index contributed by atoms with van der Waals surface area (Å²) in [7, 11) is 0. The maximum atomic E-state index is 13.1. The van der Waals surface area contributed by atoms with Crippen LogP contribution in [-0.4, -0.2) is 13.2 Å². The minimum Gasteiger partial charge on any atom is -0.486 e. The Balaban J connectivity index is 1.85. The number of ether oxygens (including phenoxy) is 2. The number of rotatable bonds is 2. The molecule has 2 aromatic carbocycles. The fourth-order valence-electron chi connectivity index (χ4n) is 1.85. The quantitative estimate of drug-likeness (QED) is 0.880. The van der Waals surface area contributed by atoms with Crippen molar-refractivity contribution < 1.29 is 13.9 Å². The largest absolute Gasteiger partial charge is 0.486 e. The Morgan fingerprint density at radius 3 is 2.50 bits per heavy atom. The molecule has 1 aliphatic rings. The van der Waals surface area contributed by atoms with E-state index < -0.39 is 0 Å². The summed E-state index contributed by atoms with van der Waals surface area (Å²) in [5.74, 6) is 1.19. The summed E-state index contributed by atoms with van der Waals surface area (Å²) in [6.45, 7) is 1.13. The maximum Gasteiger partial charge on any atom is 0.163 e. The molecule has 3 rings (SSSR count). The first kappa shape index (κ1) is 10.9. The van der Waals surface area contributed by atoms with E-state index in [0.29, 0.717) is 24.7 Å². The molecular weight excluding hydrogens is 233 g/mol. The third-order valence-electron chi connectivity index (χ3n) is 2.66. The average Bonchev–Trinajstić information content (AvgIpc) is 2.39. The highest BCUT2D eigenvalue weighted by Crippen LogP contribution is 2.33. The third kappa shape index (κ3) is 2.22. The SMILES string of the molecule is Fc1cccc(Nc2ccc3c(c2)OCCO3)c1. The van der Waals surface area contributed by atoms with Gasteiger partial charge in [0.1, 0.15) is 19.0 Å². The molecule has 3 nitrogen and oxygen atoms in total. The molecule has 1 N–H and O–H groups in total. The zero-order valence-electron chi connectivity index (χ0n) is 9.65. The normalized spacial score (nSPS) is 13.2. The summed E-state index contributed by atoms with van der Waals surface area (Å²) in [6, 6.07) is 11.9. The summed E-state index contributed by atoms with van der Waals surface area (Å²) < 4.78 is 24.0. The maximum absolute atomic E-state index is 13.1. The van der Waals surface area contributed by atoms with E-state index in [-0.39, 0.29) is 5.82 Å². The molecule has 0 atom stereocenters. The molecule has 0 saturated carbocycles. The van der Waals surface area contributed by atoms with Gasteiger partial charge in [-0.1, -0.05) is 6.07 Å². The van der Waals surface area contributed by atoms with Crippen molar-refractivity contribution in [2.45, 2.75) is 0 Å². The highest BCUT2D eigenvalue weighted by atomic mass is 19.1. The lowest BCUT2D eigenvalue weighted by Crippen LogP contribution is -2.15. The fraction of sp³-hybridized carbons (Fsp3) is 0.143. The van der Waals surface area contributed by atoms with Crippen LogP contribution in [-0.2, 0) is 0 Å². The van der Waals surface area contributed by atoms with E-state index in [2.05, 4.69) is 5.32 Å². The summed E-state index contributed by atoms with van der Waals surface area (Å²) in [4.78, 5) is 0. The molecule has 1 heterocycles. The molecule has 92 valence electrons. The molecule has 0 amide bonds. The van der Waals surface area contributed by atoms with Crippen molar-refractivity contribution in [3.63, 3.8) is 0 Å². The summed E-state index contributed by atoms with van der Waals surface area (Å²) >= 11 is 0. The second kappa shape index (κ2) is 4.56. The molecular formula is C14H12FNO2. The van der Waals surface area contributed by atoms with Crippen LogP contribution in [0.4, 0.5) is 15.8 Å². The predicted octanol–water partition coefficient (Wildman–Crippen LogP) is 3.34. The van der Waals surface area contributed by atoms with Gasteiger partial charge in [0.25, 0.3) is 0 Å². The Labute approximate surface area is 104 Å². The van der Waals surface area contributed by atoms with Gasteiger partial charge in [-0.15, -0.1) is 0 Å². The Morgan fingerprint density at radius 2 is 1.67 bits per heavy atom. The lowest BCUT2D eigenvalue weighted by atomic mass is 10.2. The van der Waals surface area contributed by atoms with E-state index in [0.717, 1.165) is 11.4 Å². The molecule has 0 unspecified atom stereocenters. The van der Waals surface area contributed by atoms with Gasteiger partial charge in [0.15, 0.2) is 11.5 Å². The van der Waals surface area contributed by atoms with Gasteiger partial charge in [0, 0.05) is 17.4 Å². The molecule has 0 saturated heterocycles. The minimum atomic E-state index is -0.266. The molecule has 0 radical (unpaired) electrons. The molecule has 0 fully saturated rings. The highest BCUT2D eigenvalue weighted by Gasteiger charge is 2.11. The Hall–Kier alpha value is -2.23. The lowest BCUT2D eigenvalue weighted by molar-refractivity contribution is 0.171. The van der Waals surface area contributed by atoms with Gasteiger partial charge in [-0.3, -0.25) is 0 Å². The van der Waals surface area contributed by atoms with Gasteiger partial charge in [0.05, 0.1) is 0 Å². The topological polar surface area (TPSA) is 30.5 Å². The van der Waals surface area contributed by atoms with E-state index >= 15 is 0 Å². The molecule has 0 aliphatic carbocycles. The predicted molar refractivity (Wildman–Crippen MR) is 67.1 cm³/mol. The zero-order valence-corrected chi connectivity index (χ0v) is 9.65. The average molecular weight is 245 g/mol. The van der Waals surface area contributed by atoms with Crippen LogP contribution in [0.15, 0.2) is 42.5 Å². The summed E-state index contributed by atoms with van der Waals surface area (Å²) in [5.41, 5.74) is 1.54. The molecule has 18 heavy (non-hydrogen) atoms. The van der Waals surface area contributed by atoms with Crippen LogP contribution >= 0.6 is 0 Å². The molecule has 0 aromatic heterocycles. The van der Waals surface area contributed by atoms with Crippen molar-refractivity contribution in [1.29, 1.82) is 0 Å². The van der Waals surface area contributed by atoms with Crippen LogP contribution in [0, 0.1) is 5.82 Å². The van der Waals surface area contributed by atoms with Crippen molar-refractivity contribution in [3.05, 3.63) is 48.3 Å². The van der Waals surface area contributed by atoms with Crippen LogP contribution in [0.5, 0.6) is 11.5 Å². The number of benzene rings is 2. The minimum absolute atomic E-state index is 0.266. The lowest BCUT2D eigenvalue weighted by Gasteiger charge is -2.19. The van der Waals surface area contributed by atoms with Crippen LogP contribution in [0.25, 0.3) is 0 Å². The Bertz CT molecular complexity index is 571. The zero-order chi connectivity index (χ0) is 12.4. The van der Waals surface area contributed by atoms with Gasteiger partial charge in [-0.05, 0) is 30.3 Å². The highest BCUT2D eigenvalue weighted by molar-refractivity contribution is 5.63. The second-order valence-corrected chi connectivity index (χ2v) is 3.99. The number of fused-ring (bicyclic) bond motifs is 1. The fourth-order valence-corrected chi connectivity index (χ4v) is 1.85. The number of anilines is 2. The van der Waals surface area contributed by atoms with Gasteiger partial charge in [-0.25, -0.2) is 4.39 Å². The molecule has 4 heteroatoms. The number of halogens is 1. The van der Waals surface area contributed by atoms with E-state index in [1.54, 1.807) is 12.1 Å². The second-order valence-electron chi connectivity index (χ2n) is 3.99. The van der Waals surface area contributed by atoms with E-state index in [9.17, 15) is 4.39 Å². The smallest absolute Gasteiger partial charge is 0.163 e. The molecule has 0 bridgehead atoms. The van der Waals surface area contributed by atoms with E-state index in [1.807, 2.05) is 18.2 Å². The van der Waals surface area contributed by atoms with Crippen molar-refractivity contribution in [2.24, 2.45) is 0 Å². The van der Waals surface area contributed by atoms with Crippen molar-refractivity contribution in [3.8, 4) is 11.5 Å². The van der Waals surface area contributed by atoms with Crippen LogP contribution in [0.1, 0.15) is 0 Å².